The Bertz CT molecular complexity index is 452. The number of nitrogens with one attached hydrogen (secondary N) is 3. The van der Waals surface area contributed by atoms with Crippen LogP contribution in [-0.2, 0) is 4.79 Å². The highest BCUT2D eigenvalue weighted by Crippen LogP contribution is 2.16. The van der Waals surface area contributed by atoms with Crippen LogP contribution in [0.4, 0.5) is 5.82 Å². The summed E-state index contributed by atoms with van der Waals surface area (Å²) in [6.45, 7) is 0.245. The average Bonchev–Trinajstić information content (AvgIpc) is 2.38. The van der Waals surface area contributed by atoms with Gasteiger partial charge in [-0.25, -0.2) is 10.8 Å². The van der Waals surface area contributed by atoms with Crippen LogP contribution in [-0.4, -0.2) is 30.4 Å². The summed E-state index contributed by atoms with van der Waals surface area (Å²) >= 11 is 3.22. The average molecular weight is 316 g/mol. The van der Waals surface area contributed by atoms with E-state index in [0.29, 0.717) is 10.0 Å². The normalized spacial score (nSPS) is 9.72. The van der Waals surface area contributed by atoms with E-state index >= 15 is 0 Å². The van der Waals surface area contributed by atoms with Crippen LogP contribution in [0.3, 0.4) is 0 Å². The number of hydrazine groups is 1. The Morgan fingerprint density at radius 2 is 2.22 bits per heavy atom. The van der Waals surface area contributed by atoms with Gasteiger partial charge < -0.3 is 16.1 Å². The molecule has 2 amide bonds. The number of aromatic nitrogens is 1. The smallest absolute Gasteiger partial charge is 0.255 e. The molecule has 0 aliphatic rings. The van der Waals surface area contributed by atoms with Crippen molar-refractivity contribution in [1.29, 1.82) is 0 Å². The molecule has 0 saturated heterocycles. The molecular weight excluding hydrogens is 302 g/mol. The standard InChI is InChI=1S/C10H14BrN5O2/c1-13-8(17)2-3-14-10(18)7-4-6(11)5-15-9(7)16-12/h4-5H,2-3,12H2,1H3,(H,13,17)(H,14,18)(H,15,16). The molecule has 1 heterocycles. The molecule has 98 valence electrons. The maximum absolute atomic E-state index is 11.8. The SMILES string of the molecule is CNC(=O)CCNC(=O)c1cc(Br)cnc1NN. The van der Waals surface area contributed by atoms with Gasteiger partial charge in [0.2, 0.25) is 5.91 Å². The summed E-state index contributed by atoms with van der Waals surface area (Å²) in [5.74, 6) is 5.05. The third-order valence-electron chi connectivity index (χ3n) is 2.15. The molecule has 1 rings (SSSR count). The summed E-state index contributed by atoms with van der Waals surface area (Å²) < 4.78 is 0.665. The molecule has 18 heavy (non-hydrogen) atoms. The van der Waals surface area contributed by atoms with E-state index < -0.39 is 0 Å². The first-order chi connectivity index (χ1) is 8.58. The first-order valence-electron chi connectivity index (χ1n) is 5.19. The Labute approximate surface area is 113 Å². The minimum Gasteiger partial charge on any atom is -0.359 e. The Morgan fingerprint density at radius 1 is 1.50 bits per heavy atom. The lowest BCUT2D eigenvalue weighted by Crippen LogP contribution is -2.30. The minimum absolute atomic E-state index is 0.139. The van der Waals surface area contributed by atoms with Crippen LogP contribution in [0, 0.1) is 0 Å². The monoisotopic (exact) mass is 315 g/mol. The molecule has 0 radical (unpaired) electrons. The van der Waals surface area contributed by atoms with Gasteiger partial charge in [0, 0.05) is 30.7 Å². The van der Waals surface area contributed by atoms with Gasteiger partial charge in [-0.05, 0) is 22.0 Å². The van der Waals surface area contributed by atoms with Gasteiger partial charge in [0.15, 0.2) is 5.82 Å². The highest BCUT2D eigenvalue weighted by Gasteiger charge is 2.12. The van der Waals surface area contributed by atoms with Crippen LogP contribution >= 0.6 is 15.9 Å². The van der Waals surface area contributed by atoms with E-state index in [1.54, 1.807) is 13.1 Å². The van der Waals surface area contributed by atoms with E-state index in [9.17, 15) is 9.59 Å². The fourth-order valence-corrected chi connectivity index (χ4v) is 1.57. The summed E-state index contributed by atoms with van der Waals surface area (Å²) in [4.78, 5) is 26.8. The Balaban J connectivity index is 2.66. The molecule has 5 N–H and O–H groups in total. The number of nitrogen functional groups attached to an aromatic ring is 1. The third-order valence-corrected chi connectivity index (χ3v) is 2.59. The number of amides is 2. The molecule has 0 bridgehead atoms. The number of rotatable bonds is 5. The van der Waals surface area contributed by atoms with Crippen molar-refractivity contribution in [3.05, 3.63) is 22.3 Å². The molecule has 0 aliphatic carbocycles. The van der Waals surface area contributed by atoms with E-state index in [1.807, 2.05) is 0 Å². The Hall–Kier alpha value is -1.67. The maximum atomic E-state index is 11.8. The van der Waals surface area contributed by atoms with Crippen molar-refractivity contribution < 1.29 is 9.59 Å². The molecule has 0 saturated carbocycles. The number of pyridine rings is 1. The zero-order valence-corrected chi connectivity index (χ0v) is 11.4. The van der Waals surface area contributed by atoms with E-state index in [4.69, 9.17) is 5.84 Å². The number of hydrogen-bond donors (Lipinski definition) is 4. The van der Waals surface area contributed by atoms with Crippen LogP contribution in [0.5, 0.6) is 0 Å². The van der Waals surface area contributed by atoms with Crippen molar-refractivity contribution in [3.63, 3.8) is 0 Å². The number of halogens is 1. The zero-order chi connectivity index (χ0) is 13.5. The molecule has 0 fully saturated rings. The molecule has 0 unspecified atom stereocenters. The first kappa shape index (κ1) is 14.4. The Morgan fingerprint density at radius 3 is 2.83 bits per heavy atom. The highest BCUT2D eigenvalue weighted by molar-refractivity contribution is 9.10. The van der Waals surface area contributed by atoms with Crippen LogP contribution in [0.1, 0.15) is 16.8 Å². The van der Waals surface area contributed by atoms with Gasteiger partial charge in [-0.15, -0.1) is 0 Å². The number of nitrogens with zero attached hydrogens (tertiary/aromatic N) is 1. The van der Waals surface area contributed by atoms with Gasteiger partial charge in [0.25, 0.3) is 5.91 Å². The van der Waals surface area contributed by atoms with Crippen molar-refractivity contribution >= 4 is 33.6 Å². The minimum atomic E-state index is -0.347. The van der Waals surface area contributed by atoms with E-state index in [0.717, 1.165) is 0 Å². The summed E-state index contributed by atoms with van der Waals surface area (Å²) in [5, 5.41) is 5.08. The Kier molecular flexibility index (Phi) is 5.53. The first-order valence-corrected chi connectivity index (χ1v) is 5.98. The number of carbonyl (C=O) groups excluding carboxylic acids is 2. The van der Waals surface area contributed by atoms with E-state index in [2.05, 4.69) is 37.0 Å². The van der Waals surface area contributed by atoms with Crippen LogP contribution in [0.2, 0.25) is 0 Å². The van der Waals surface area contributed by atoms with Gasteiger partial charge in [-0.3, -0.25) is 9.59 Å². The van der Waals surface area contributed by atoms with E-state index in [-0.39, 0.29) is 30.6 Å². The molecule has 0 aromatic carbocycles. The number of nitrogens with two attached hydrogens (primary N) is 1. The summed E-state index contributed by atoms with van der Waals surface area (Å²) in [7, 11) is 1.54. The molecule has 1 aromatic rings. The predicted molar refractivity (Wildman–Crippen MR) is 70.8 cm³/mol. The molecule has 0 spiro atoms. The van der Waals surface area contributed by atoms with Gasteiger partial charge >= 0.3 is 0 Å². The zero-order valence-electron chi connectivity index (χ0n) is 9.79. The predicted octanol–water partition coefficient (Wildman–Crippen LogP) is -0.00440. The summed E-state index contributed by atoms with van der Waals surface area (Å²) in [5.41, 5.74) is 2.65. The lowest BCUT2D eigenvalue weighted by Gasteiger charge is -2.09. The molecule has 1 aromatic heterocycles. The lowest BCUT2D eigenvalue weighted by atomic mass is 10.2. The quantitative estimate of drug-likeness (QED) is 0.451. The van der Waals surface area contributed by atoms with Gasteiger partial charge in [0.05, 0.1) is 5.56 Å². The molecular formula is C10H14BrN5O2. The lowest BCUT2D eigenvalue weighted by molar-refractivity contribution is -0.120. The van der Waals surface area contributed by atoms with E-state index in [1.165, 1.54) is 6.20 Å². The highest BCUT2D eigenvalue weighted by atomic mass is 79.9. The molecule has 7 nitrogen and oxygen atoms in total. The maximum Gasteiger partial charge on any atom is 0.255 e. The summed E-state index contributed by atoms with van der Waals surface area (Å²) in [6.07, 6.45) is 1.74. The van der Waals surface area contributed by atoms with Gasteiger partial charge in [-0.2, -0.15) is 0 Å². The van der Waals surface area contributed by atoms with Crippen molar-refractivity contribution in [2.45, 2.75) is 6.42 Å². The number of anilines is 1. The second kappa shape index (κ2) is 6.92. The fourth-order valence-electron chi connectivity index (χ4n) is 1.24. The second-order valence-electron chi connectivity index (χ2n) is 3.37. The van der Waals surface area contributed by atoms with Crippen LogP contribution in [0.15, 0.2) is 16.7 Å². The van der Waals surface area contributed by atoms with Crippen LogP contribution in [0.25, 0.3) is 0 Å². The summed E-state index contributed by atoms with van der Waals surface area (Å²) in [6, 6.07) is 1.59. The van der Waals surface area contributed by atoms with Gasteiger partial charge in [0.1, 0.15) is 0 Å². The van der Waals surface area contributed by atoms with Crippen molar-refractivity contribution in [1.82, 2.24) is 15.6 Å². The largest absolute Gasteiger partial charge is 0.359 e. The second-order valence-corrected chi connectivity index (χ2v) is 4.29. The third kappa shape index (κ3) is 3.97. The van der Waals surface area contributed by atoms with Gasteiger partial charge in [-0.1, -0.05) is 0 Å². The molecule has 0 atom stereocenters. The van der Waals surface area contributed by atoms with Crippen molar-refractivity contribution in [2.75, 3.05) is 19.0 Å². The topological polar surface area (TPSA) is 109 Å². The molecule has 0 aliphatic heterocycles. The van der Waals surface area contributed by atoms with Crippen molar-refractivity contribution in [3.8, 4) is 0 Å². The number of hydrogen-bond acceptors (Lipinski definition) is 5. The number of carbonyl (C=O) groups is 2. The van der Waals surface area contributed by atoms with Crippen molar-refractivity contribution in [2.24, 2.45) is 5.84 Å². The fraction of sp³-hybridized carbons (Fsp3) is 0.300. The van der Waals surface area contributed by atoms with Crippen LogP contribution < -0.4 is 21.9 Å². The molecule has 8 heteroatoms.